The van der Waals surface area contributed by atoms with Crippen LogP contribution in [0.2, 0.25) is 0 Å². The van der Waals surface area contributed by atoms with Crippen molar-refractivity contribution in [3.05, 3.63) is 56.9 Å². The van der Waals surface area contributed by atoms with E-state index >= 15 is 0 Å². The minimum Gasteiger partial charge on any atom is -0.508 e. The Morgan fingerprint density at radius 3 is 2.64 bits per heavy atom. The lowest BCUT2D eigenvalue weighted by Crippen LogP contribution is -2.37. The first kappa shape index (κ1) is 23.2. The molecule has 3 aromatic rings. The van der Waals surface area contributed by atoms with Crippen molar-refractivity contribution in [3.63, 3.8) is 0 Å². The molecule has 1 aromatic heterocycles. The second kappa shape index (κ2) is 8.77. The minimum atomic E-state index is -0.264. The van der Waals surface area contributed by atoms with E-state index in [2.05, 4.69) is 27.7 Å². The van der Waals surface area contributed by atoms with Crippen LogP contribution in [0.25, 0.3) is 11.0 Å². The summed E-state index contributed by atoms with van der Waals surface area (Å²) < 4.78 is 18.4. The van der Waals surface area contributed by atoms with Crippen molar-refractivity contribution >= 4 is 11.0 Å². The topological polar surface area (TPSA) is 68.9 Å². The molecule has 0 unspecified atom stereocenters. The van der Waals surface area contributed by atoms with E-state index in [0.29, 0.717) is 22.6 Å². The molecule has 0 aliphatic carbocycles. The lowest BCUT2D eigenvalue weighted by atomic mass is 9.84. The highest BCUT2D eigenvalue weighted by atomic mass is 16.5. The molecule has 0 fully saturated rings. The standard InChI is InChI=1S/C28H34O5/c1-16(2)8-7-12-28(6)13-11-21-19(5)26(17(3)18(4)27(21)33-28)32-24-15-31-23-14-20(29)9-10-22(23)25(24)30/h9-10,14-16,29H,7-8,11-13H2,1-6H3/t28-/m0/s1. The van der Waals surface area contributed by atoms with Gasteiger partial charge in [0.05, 0.1) is 5.39 Å². The van der Waals surface area contributed by atoms with E-state index < -0.39 is 0 Å². The van der Waals surface area contributed by atoms with Crippen LogP contribution in [0.4, 0.5) is 0 Å². The van der Waals surface area contributed by atoms with Crippen LogP contribution in [0.5, 0.6) is 23.0 Å². The summed E-state index contributed by atoms with van der Waals surface area (Å²) in [5, 5.41) is 10.0. The van der Waals surface area contributed by atoms with E-state index in [-0.39, 0.29) is 22.5 Å². The minimum absolute atomic E-state index is 0.0486. The number of hydrogen-bond acceptors (Lipinski definition) is 5. The molecule has 5 heteroatoms. The molecule has 0 radical (unpaired) electrons. The number of ether oxygens (including phenoxy) is 2. The Balaban J connectivity index is 1.67. The molecule has 4 rings (SSSR count). The first-order chi connectivity index (χ1) is 15.6. The molecule has 1 aliphatic heterocycles. The summed E-state index contributed by atoms with van der Waals surface area (Å²) in [6, 6.07) is 4.45. The number of fused-ring (bicyclic) bond motifs is 2. The van der Waals surface area contributed by atoms with E-state index in [4.69, 9.17) is 13.9 Å². The number of hydrogen-bond donors (Lipinski definition) is 1. The van der Waals surface area contributed by atoms with Gasteiger partial charge in [0.15, 0.2) is 0 Å². The Labute approximate surface area is 195 Å². The number of phenols is 1. The van der Waals surface area contributed by atoms with Gasteiger partial charge >= 0.3 is 0 Å². The van der Waals surface area contributed by atoms with Crippen LogP contribution in [-0.2, 0) is 6.42 Å². The summed E-state index contributed by atoms with van der Waals surface area (Å²) in [5.41, 5.74) is 4.08. The van der Waals surface area contributed by atoms with E-state index in [1.165, 1.54) is 24.8 Å². The van der Waals surface area contributed by atoms with Crippen molar-refractivity contribution in [3.8, 4) is 23.0 Å². The molecule has 0 spiro atoms. The van der Waals surface area contributed by atoms with Crippen molar-refractivity contribution in [2.75, 3.05) is 0 Å². The van der Waals surface area contributed by atoms with Gasteiger partial charge in [0.1, 0.15) is 34.7 Å². The fourth-order valence-electron chi connectivity index (χ4n) is 4.77. The van der Waals surface area contributed by atoms with Gasteiger partial charge in [-0.3, -0.25) is 4.79 Å². The van der Waals surface area contributed by atoms with Gasteiger partial charge in [-0.1, -0.05) is 20.3 Å². The number of benzene rings is 2. The van der Waals surface area contributed by atoms with Crippen LogP contribution < -0.4 is 14.9 Å². The average Bonchev–Trinajstić information content (AvgIpc) is 2.76. The van der Waals surface area contributed by atoms with Gasteiger partial charge in [-0.25, -0.2) is 0 Å². The second-order valence-corrected chi connectivity index (χ2v) is 10.1. The van der Waals surface area contributed by atoms with Crippen LogP contribution >= 0.6 is 0 Å². The Kier molecular flexibility index (Phi) is 6.17. The van der Waals surface area contributed by atoms with Crippen molar-refractivity contribution in [1.29, 1.82) is 0 Å². The molecule has 0 saturated heterocycles. The molecular formula is C28H34O5. The number of phenolic OH excluding ortho intramolecular Hbond substituents is 1. The van der Waals surface area contributed by atoms with Gasteiger partial charge < -0.3 is 19.0 Å². The lowest BCUT2D eigenvalue weighted by molar-refractivity contribution is 0.0515. The molecule has 0 amide bonds. The zero-order valence-electron chi connectivity index (χ0n) is 20.5. The summed E-state index contributed by atoms with van der Waals surface area (Å²) in [7, 11) is 0. The fourth-order valence-corrected chi connectivity index (χ4v) is 4.77. The summed E-state index contributed by atoms with van der Waals surface area (Å²) in [6.07, 6.45) is 6.62. The highest BCUT2D eigenvalue weighted by Crippen LogP contribution is 2.45. The van der Waals surface area contributed by atoms with Gasteiger partial charge in [0.25, 0.3) is 0 Å². The van der Waals surface area contributed by atoms with Crippen molar-refractivity contribution in [1.82, 2.24) is 0 Å². The third-order valence-electron chi connectivity index (χ3n) is 6.99. The van der Waals surface area contributed by atoms with Crippen LogP contribution in [0.15, 0.2) is 33.7 Å². The first-order valence-corrected chi connectivity index (χ1v) is 11.8. The highest BCUT2D eigenvalue weighted by Gasteiger charge is 2.34. The molecule has 2 aromatic carbocycles. The monoisotopic (exact) mass is 450 g/mol. The Hall–Kier alpha value is -2.95. The van der Waals surface area contributed by atoms with E-state index in [1.54, 1.807) is 6.07 Å². The van der Waals surface area contributed by atoms with Crippen LogP contribution in [0.1, 0.15) is 68.7 Å². The summed E-state index contributed by atoms with van der Waals surface area (Å²) in [6.45, 7) is 12.9. The molecule has 176 valence electrons. The molecule has 1 atom stereocenters. The Bertz CT molecular complexity index is 1250. The predicted molar refractivity (Wildman–Crippen MR) is 131 cm³/mol. The van der Waals surface area contributed by atoms with Crippen LogP contribution in [-0.4, -0.2) is 10.7 Å². The molecule has 1 N–H and O–H groups in total. The molecule has 33 heavy (non-hydrogen) atoms. The summed E-state index contributed by atoms with van der Waals surface area (Å²) in [4.78, 5) is 13.0. The van der Waals surface area contributed by atoms with Crippen molar-refractivity contribution in [2.45, 2.75) is 79.2 Å². The van der Waals surface area contributed by atoms with Crippen molar-refractivity contribution < 1.29 is 19.0 Å². The average molecular weight is 451 g/mol. The quantitative estimate of drug-likeness (QED) is 0.433. The molecule has 2 heterocycles. The Morgan fingerprint density at radius 2 is 1.91 bits per heavy atom. The summed E-state index contributed by atoms with van der Waals surface area (Å²) in [5.74, 6) is 2.54. The number of aromatic hydroxyl groups is 1. The third kappa shape index (κ3) is 4.46. The number of rotatable bonds is 6. The van der Waals surface area contributed by atoms with Crippen LogP contribution in [0, 0.1) is 26.7 Å². The van der Waals surface area contributed by atoms with Gasteiger partial charge in [-0.15, -0.1) is 0 Å². The first-order valence-electron chi connectivity index (χ1n) is 11.8. The largest absolute Gasteiger partial charge is 0.508 e. The van der Waals surface area contributed by atoms with Gasteiger partial charge in [0, 0.05) is 11.6 Å². The van der Waals surface area contributed by atoms with Crippen molar-refractivity contribution in [2.24, 2.45) is 5.92 Å². The molecule has 1 aliphatic rings. The second-order valence-electron chi connectivity index (χ2n) is 10.1. The van der Waals surface area contributed by atoms with Crippen LogP contribution in [0.3, 0.4) is 0 Å². The third-order valence-corrected chi connectivity index (χ3v) is 6.99. The fraction of sp³-hybridized carbons (Fsp3) is 0.464. The maximum atomic E-state index is 13.0. The molecule has 0 saturated carbocycles. The maximum absolute atomic E-state index is 13.0. The smallest absolute Gasteiger partial charge is 0.235 e. The SMILES string of the molecule is Cc1c(C)c2c(c(C)c1Oc1coc3cc(O)ccc3c1=O)CC[C@](C)(CCCC(C)C)O2. The van der Waals surface area contributed by atoms with Gasteiger partial charge in [-0.05, 0) is 88.1 Å². The maximum Gasteiger partial charge on any atom is 0.235 e. The highest BCUT2D eigenvalue weighted by molar-refractivity contribution is 5.79. The van der Waals surface area contributed by atoms with E-state index in [9.17, 15) is 9.90 Å². The zero-order chi connectivity index (χ0) is 23.9. The normalized spacial score (nSPS) is 17.8. The van der Waals surface area contributed by atoms with Gasteiger partial charge in [-0.2, -0.15) is 0 Å². The molecule has 0 bridgehead atoms. The summed E-state index contributed by atoms with van der Waals surface area (Å²) >= 11 is 0. The Morgan fingerprint density at radius 1 is 1.15 bits per heavy atom. The molecular weight excluding hydrogens is 416 g/mol. The lowest BCUT2D eigenvalue weighted by Gasteiger charge is -2.38. The van der Waals surface area contributed by atoms with E-state index in [0.717, 1.165) is 53.7 Å². The predicted octanol–water partition coefficient (Wildman–Crippen LogP) is 7.13. The molecule has 5 nitrogen and oxygen atoms in total. The zero-order valence-corrected chi connectivity index (χ0v) is 20.5. The van der Waals surface area contributed by atoms with E-state index in [1.807, 2.05) is 13.8 Å². The van der Waals surface area contributed by atoms with Gasteiger partial charge in [0.2, 0.25) is 11.2 Å².